The molecule has 0 N–H and O–H groups in total. The minimum Gasteiger partial charge on any atom is -0.497 e. The van der Waals surface area contributed by atoms with Gasteiger partial charge >= 0.3 is 5.97 Å². The topological polar surface area (TPSA) is 54.0 Å². The zero-order valence-electron chi connectivity index (χ0n) is 10.4. The summed E-state index contributed by atoms with van der Waals surface area (Å²) in [6.45, 7) is 2.02. The molecule has 18 heavy (non-hydrogen) atoms. The van der Waals surface area contributed by atoms with Crippen LogP contribution in [0.2, 0.25) is 0 Å². The van der Waals surface area contributed by atoms with Crippen LogP contribution >= 0.6 is 0 Å². The Kier molecular flexibility index (Phi) is 4.17. The molecule has 0 amide bonds. The van der Waals surface area contributed by atoms with Crippen molar-refractivity contribution in [3.8, 4) is 5.75 Å². The Morgan fingerprint density at radius 1 is 1.39 bits per heavy atom. The monoisotopic (exact) mass is 252 g/mol. The van der Waals surface area contributed by atoms with Gasteiger partial charge < -0.3 is 18.9 Å². The molecule has 5 heteroatoms. The average Bonchev–Trinajstić information content (AvgIpc) is 2.85. The predicted molar refractivity (Wildman–Crippen MR) is 63.2 cm³/mol. The fourth-order valence-electron chi connectivity index (χ4n) is 1.68. The number of carbonyl (C=O) groups excluding carboxylic acids is 1. The fraction of sp³-hybridized carbons (Fsp3) is 0.462. The van der Waals surface area contributed by atoms with E-state index < -0.39 is 6.29 Å². The highest BCUT2D eigenvalue weighted by atomic mass is 16.7. The lowest BCUT2D eigenvalue weighted by atomic mass is 10.2. The molecule has 0 spiro atoms. The third-order valence-corrected chi connectivity index (χ3v) is 2.61. The summed E-state index contributed by atoms with van der Waals surface area (Å²) in [6, 6.07) is 7.47. The van der Waals surface area contributed by atoms with Crippen molar-refractivity contribution in [3.63, 3.8) is 0 Å². The molecule has 5 nitrogen and oxygen atoms in total. The van der Waals surface area contributed by atoms with E-state index in [9.17, 15) is 4.79 Å². The molecule has 0 bridgehead atoms. The summed E-state index contributed by atoms with van der Waals surface area (Å²) in [5.41, 5.74) is 0.918. The lowest BCUT2D eigenvalue weighted by molar-refractivity contribution is -0.145. The molecule has 1 aliphatic rings. The summed E-state index contributed by atoms with van der Waals surface area (Å²) in [5, 5.41) is 0. The van der Waals surface area contributed by atoms with Gasteiger partial charge in [-0.15, -0.1) is 0 Å². The van der Waals surface area contributed by atoms with Crippen LogP contribution in [0.5, 0.6) is 5.75 Å². The molecule has 1 fully saturated rings. The highest BCUT2D eigenvalue weighted by molar-refractivity contribution is 5.65. The van der Waals surface area contributed by atoms with Crippen molar-refractivity contribution in [1.82, 2.24) is 0 Å². The molecule has 2 rings (SSSR count). The lowest BCUT2D eigenvalue weighted by Crippen LogP contribution is -2.19. The molecule has 1 aliphatic heterocycles. The summed E-state index contributed by atoms with van der Waals surface area (Å²) >= 11 is 0. The van der Waals surface area contributed by atoms with Crippen molar-refractivity contribution in [2.75, 3.05) is 20.3 Å². The predicted octanol–water partition coefficient (Wildman–Crippen LogP) is 1.67. The van der Waals surface area contributed by atoms with Gasteiger partial charge in [-0.05, 0) is 12.1 Å². The van der Waals surface area contributed by atoms with Gasteiger partial charge in [0.05, 0.1) is 13.7 Å². The standard InChI is InChI=1S/C13H16O5/c1-9(14)16-7-12-8-17-13(18-12)10-3-5-11(15-2)6-4-10/h3-6,12-13H,7-8H2,1-2H3. The highest BCUT2D eigenvalue weighted by Crippen LogP contribution is 2.28. The van der Waals surface area contributed by atoms with E-state index in [0.29, 0.717) is 6.61 Å². The summed E-state index contributed by atoms with van der Waals surface area (Å²) in [4.78, 5) is 10.7. The number of ether oxygens (including phenoxy) is 4. The molecule has 0 aromatic heterocycles. The van der Waals surface area contributed by atoms with E-state index in [4.69, 9.17) is 18.9 Å². The Labute approximate surface area is 106 Å². The first kappa shape index (κ1) is 12.9. The maximum Gasteiger partial charge on any atom is 0.302 e. The molecule has 98 valence electrons. The molecule has 1 saturated heterocycles. The Hall–Kier alpha value is -1.59. The van der Waals surface area contributed by atoms with Gasteiger partial charge in [-0.25, -0.2) is 0 Å². The second kappa shape index (κ2) is 5.84. The number of rotatable bonds is 4. The van der Waals surface area contributed by atoms with Gasteiger partial charge in [0, 0.05) is 12.5 Å². The number of benzene rings is 1. The number of esters is 1. The van der Waals surface area contributed by atoms with E-state index in [1.54, 1.807) is 7.11 Å². The third-order valence-electron chi connectivity index (χ3n) is 2.61. The van der Waals surface area contributed by atoms with Crippen molar-refractivity contribution in [2.45, 2.75) is 19.3 Å². The van der Waals surface area contributed by atoms with Crippen molar-refractivity contribution < 1.29 is 23.7 Å². The van der Waals surface area contributed by atoms with Crippen molar-refractivity contribution in [1.29, 1.82) is 0 Å². The molecule has 1 heterocycles. The minimum absolute atomic E-state index is 0.207. The van der Waals surface area contributed by atoms with Crippen molar-refractivity contribution in [2.24, 2.45) is 0 Å². The molecule has 1 aromatic carbocycles. The van der Waals surface area contributed by atoms with Crippen LogP contribution < -0.4 is 4.74 Å². The number of hydrogen-bond acceptors (Lipinski definition) is 5. The van der Waals surface area contributed by atoms with Crippen LogP contribution in [0.3, 0.4) is 0 Å². The van der Waals surface area contributed by atoms with Crippen LogP contribution in [0.4, 0.5) is 0 Å². The maximum absolute atomic E-state index is 10.7. The van der Waals surface area contributed by atoms with Gasteiger partial charge in [-0.1, -0.05) is 12.1 Å². The Morgan fingerprint density at radius 2 is 2.11 bits per heavy atom. The van der Waals surface area contributed by atoms with E-state index in [1.165, 1.54) is 6.92 Å². The summed E-state index contributed by atoms with van der Waals surface area (Å²) in [7, 11) is 1.62. The van der Waals surface area contributed by atoms with Crippen LogP contribution in [0.15, 0.2) is 24.3 Å². The van der Waals surface area contributed by atoms with Gasteiger partial charge in [0.15, 0.2) is 6.29 Å². The molecular weight excluding hydrogens is 236 g/mol. The molecule has 0 saturated carbocycles. The largest absolute Gasteiger partial charge is 0.497 e. The van der Waals surface area contributed by atoms with Crippen LogP contribution in [0.1, 0.15) is 18.8 Å². The maximum atomic E-state index is 10.7. The number of carbonyl (C=O) groups is 1. The second-order valence-electron chi connectivity index (χ2n) is 4.00. The van der Waals surface area contributed by atoms with Crippen LogP contribution in [-0.2, 0) is 19.0 Å². The normalized spacial score (nSPS) is 22.8. The summed E-state index contributed by atoms with van der Waals surface area (Å²) in [6.07, 6.45) is -0.613. The Balaban J connectivity index is 1.89. The van der Waals surface area contributed by atoms with Gasteiger partial charge in [-0.3, -0.25) is 4.79 Å². The van der Waals surface area contributed by atoms with E-state index in [2.05, 4.69) is 0 Å². The van der Waals surface area contributed by atoms with E-state index >= 15 is 0 Å². The van der Waals surface area contributed by atoms with E-state index in [1.807, 2.05) is 24.3 Å². The quantitative estimate of drug-likeness (QED) is 0.763. The van der Waals surface area contributed by atoms with Gasteiger partial charge in [0.2, 0.25) is 0 Å². The lowest BCUT2D eigenvalue weighted by Gasteiger charge is -2.12. The fourth-order valence-corrected chi connectivity index (χ4v) is 1.68. The summed E-state index contributed by atoms with van der Waals surface area (Å²) in [5.74, 6) is 0.472. The zero-order valence-corrected chi connectivity index (χ0v) is 10.4. The average molecular weight is 252 g/mol. The summed E-state index contributed by atoms with van der Waals surface area (Å²) < 4.78 is 21.1. The molecular formula is C13H16O5. The smallest absolute Gasteiger partial charge is 0.302 e. The first-order valence-corrected chi connectivity index (χ1v) is 5.73. The Bertz CT molecular complexity index is 400. The molecule has 0 aliphatic carbocycles. The van der Waals surface area contributed by atoms with E-state index in [-0.39, 0.29) is 18.7 Å². The minimum atomic E-state index is -0.406. The van der Waals surface area contributed by atoms with Gasteiger partial charge in [0.1, 0.15) is 18.5 Å². The van der Waals surface area contributed by atoms with Gasteiger partial charge in [-0.2, -0.15) is 0 Å². The first-order valence-electron chi connectivity index (χ1n) is 5.73. The SMILES string of the molecule is COc1ccc(C2OCC(COC(C)=O)O2)cc1. The molecule has 2 unspecified atom stereocenters. The number of methoxy groups -OCH3 is 1. The van der Waals surface area contributed by atoms with Crippen molar-refractivity contribution in [3.05, 3.63) is 29.8 Å². The third kappa shape index (κ3) is 3.21. The first-order chi connectivity index (χ1) is 8.69. The van der Waals surface area contributed by atoms with E-state index in [0.717, 1.165) is 11.3 Å². The molecule has 2 atom stereocenters. The van der Waals surface area contributed by atoms with Crippen LogP contribution in [0.25, 0.3) is 0 Å². The highest BCUT2D eigenvalue weighted by Gasteiger charge is 2.28. The number of hydrogen-bond donors (Lipinski definition) is 0. The van der Waals surface area contributed by atoms with Crippen LogP contribution in [0, 0.1) is 0 Å². The molecule has 1 aromatic rings. The van der Waals surface area contributed by atoms with Gasteiger partial charge in [0.25, 0.3) is 0 Å². The molecule has 0 radical (unpaired) electrons. The van der Waals surface area contributed by atoms with Crippen molar-refractivity contribution >= 4 is 5.97 Å². The van der Waals surface area contributed by atoms with Crippen LogP contribution in [-0.4, -0.2) is 32.4 Å². The Morgan fingerprint density at radius 3 is 2.72 bits per heavy atom. The second-order valence-corrected chi connectivity index (χ2v) is 4.00. The zero-order chi connectivity index (χ0) is 13.0.